The van der Waals surface area contributed by atoms with Crippen molar-refractivity contribution in [3.05, 3.63) is 66.0 Å². The van der Waals surface area contributed by atoms with Gasteiger partial charge >= 0.3 is 5.97 Å². The molecule has 3 nitrogen and oxygen atoms in total. The Morgan fingerprint density at radius 1 is 1.20 bits per heavy atom. The van der Waals surface area contributed by atoms with E-state index in [0.717, 1.165) is 5.69 Å². The molecule has 0 aliphatic carbocycles. The average molecular weight is 273 g/mol. The number of halogens is 1. The van der Waals surface area contributed by atoms with E-state index in [4.69, 9.17) is 4.74 Å². The summed E-state index contributed by atoms with van der Waals surface area (Å²) in [5, 5.41) is 3.22. The van der Waals surface area contributed by atoms with Crippen LogP contribution in [0.15, 0.2) is 54.6 Å². The molecule has 0 heterocycles. The van der Waals surface area contributed by atoms with E-state index in [0.29, 0.717) is 5.56 Å². The number of hydrogen-bond donors (Lipinski definition) is 1. The first kappa shape index (κ1) is 14.1. The van der Waals surface area contributed by atoms with E-state index in [1.54, 1.807) is 12.1 Å². The number of esters is 1. The molecule has 0 saturated heterocycles. The number of carbonyl (C=O) groups excluding carboxylic acids is 1. The van der Waals surface area contributed by atoms with Crippen molar-refractivity contribution in [3.63, 3.8) is 0 Å². The predicted molar refractivity (Wildman–Crippen MR) is 75.8 cm³/mol. The SMILES string of the molecule is COC(=O)CC(Nc1ccccc1)c1cccc(F)c1. The Morgan fingerprint density at radius 2 is 1.95 bits per heavy atom. The monoisotopic (exact) mass is 273 g/mol. The highest BCUT2D eigenvalue weighted by Gasteiger charge is 2.17. The normalized spacial score (nSPS) is 11.7. The third-order valence-corrected chi connectivity index (χ3v) is 2.96. The molecule has 0 aromatic heterocycles. The number of para-hydroxylation sites is 1. The minimum atomic E-state index is -0.345. The van der Waals surface area contributed by atoms with Crippen LogP contribution in [0.3, 0.4) is 0 Å². The maximum Gasteiger partial charge on any atom is 0.307 e. The molecule has 2 aromatic rings. The summed E-state index contributed by atoms with van der Waals surface area (Å²) in [7, 11) is 1.34. The average Bonchev–Trinajstić information content (AvgIpc) is 2.47. The first-order chi connectivity index (χ1) is 9.69. The summed E-state index contributed by atoms with van der Waals surface area (Å²) in [4.78, 5) is 11.5. The molecular formula is C16H16FNO2. The first-order valence-corrected chi connectivity index (χ1v) is 6.33. The van der Waals surface area contributed by atoms with Gasteiger partial charge in [0.15, 0.2) is 0 Å². The van der Waals surface area contributed by atoms with Crippen LogP contribution >= 0.6 is 0 Å². The van der Waals surface area contributed by atoms with E-state index in [1.807, 2.05) is 30.3 Å². The molecule has 0 spiro atoms. The number of nitrogens with one attached hydrogen (secondary N) is 1. The Labute approximate surface area is 117 Å². The van der Waals surface area contributed by atoms with Crippen molar-refractivity contribution >= 4 is 11.7 Å². The van der Waals surface area contributed by atoms with E-state index in [-0.39, 0.29) is 24.2 Å². The van der Waals surface area contributed by atoms with Gasteiger partial charge in [-0.2, -0.15) is 0 Å². The lowest BCUT2D eigenvalue weighted by atomic mass is 10.0. The fraction of sp³-hybridized carbons (Fsp3) is 0.188. The largest absolute Gasteiger partial charge is 0.469 e. The Kier molecular flexibility index (Phi) is 4.71. The second kappa shape index (κ2) is 6.70. The summed E-state index contributed by atoms with van der Waals surface area (Å²) in [6.45, 7) is 0. The Bertz CT molecular complexity index is 572. The zero-order valence-corrected chi connectivity index (χ0v) is 11.2. The smallest absolute Gasteiger partial charge is 0.307 e. The third-order valence-electron chi connectivity index (χ3n) is 2.96. The van der Waals surface area contributed by atoms with Gasteiger partial charge in [0.1, 0.15) is 5.82 Å². The van der Waals surface area contributed by atoms with Crippen LogP contribution in [0.4, 0.5) is 10.1 Å². The van der Waals surface area contributed by atoms with E-state index in [9.17, 15) is 9.18 Å². The molecule has 0 bridgehead atoms. The van der Waals surface area contributed by atoms with Crippen molar-refractivity contribution < 1.29 is 13.9 Å². The zero-order chi connectivity index (χ0) is 14.4. The maximum absolute atomic E-state index is 13.3. The van der Waals surface area contributed by atoms with Crippen molar-refractivity contribution in [1.29, 1.82) is 0 Å². The van der Waals surface area contributed by atoms with Crippen LogP contribution in [0.5, 0.6) is 0 Å². The molecule has 0 amide bonds. The highest BCUT2D eigenvalue weighted by Crippen LogP contribution is 2.23. The second-order valence-corrected chi connectivity index (χ2v) is 4.40. The van der Waals surface area contributed by atoms with Crippen molar-refractivity contribution in [3.8, 4) is 0 Å². The quantitative estimate of drug-likeness (QED) is 0.847. The van der Waals surface area contributed by atoms with Crippen LogP contribution in [-0.2, 0) is 9.53 Å². The minimum Gasteiger partial charge on any atom is -0.469 e. The third kappa shape index (κ3) is 3.82. The highest BCUT2D eigenvalue weighted by molar-refractivity contribution is 5.71. The molecule has 4 heteroatoms. The molecule has 1 N–H and O–H groups in total. The summed E-state index contributed by atoms with van der Waals surface area (Å²) in [5.74, 6) is -0.671. The van der Waals surface area contributed by atoms with Gasteiger partial charge in [-0.1, -0.05) is 30.3 Å². The lowest BCUT2D eigenvalue weighted by Gasteiger charge is -2.19. The Hall–Kier alpha value is -2.36. The summed E-state index contributed by atoms with van der Waals surface area (Å²) >= 11 is 0. The molecule has 0 aliphatic heterocycles. The Morgan fingerprint density at radius 3 is 2.60 bits per heavy atom. The van der Waals surface area contributed by atoms with Gasteiger partial charge in [0.2, 0.25) is 0 Å². The van der Waals surface area contributed by atoms with Gasteiger partial charge in [0.05, 0.1) is 19.6 Å². The lowest BCUT2D eigenvalue weighted by Crippen LogP contribution is -2.16. The number of ether oxygens (including phenoxy) is 1. The van der Waals surface area contributed by atoms with E-state index >= 15 is 0 Å². The van der Waals surface area contributed by atoms with Crippen LogP contribution in [0.25, 0.3) is 0 Å². The van der Waals surface area contributed by atoms with Crippen molar-refractivity contribution in [2.75, 3.05) is 12.4 Å². The van der Waals surface area contributed by atoms with Crippen LogP contribution in [0, 0.1) is 5.82 Å². The van der Waals surface area contributed by atoms with Crippen LogP contribution in [-0.4, -0.2) is 13.1 Å². The maximum atomic E-state index is 13.3. The van der Waals surface area contributed by atoms with Crippen molar-refractivity contribution in [2.45, 2.75) is 12.5 Å². The van der Waals surface area contributed by atoms with Crippen LogP contribution < -0.4 is 5.32 Å². The van der Waals surface area contributed by atoms with E-state index in [2.05, 4.69) is 5.32 Å². The number of carbonyl (C=O) groups is 1. The van der Waals surface area contributed by atoms with Gasteiger partial charge in [-0.25, -0.2) is 4.39 Å². The number of methoxy groups -OCH3 is 1. The van der Waals surface area contributed by atoms with Crippen molar-refractivity contribution in [1.82, 2.24) is 0 Å². The van der Waals surface area contributed by atoms with Crippen molar-refractivity contribution in [2.24, 2.45) is 0 Å². The second-order valence-electron chi connectivity index (χ2n) is 4.40. The van der Waals surface area contributed by atoms with Crippen LogP contribution in [0.2, 0.25) is 0 Å². The summed E-state index contributed by atoms with van der Waals surface area (Å²) in [5.41, 5.74) is 1.57. The molecular weight excluding hydrogens is 257 g/mol. The van der Waals surface area contributed by atoms with Gasteiger partial charge in [-0.15, -0.1) is 0 Å². The van der Waals surface area contributed by atoms with Gasteiger partial charge < -0.3 is 10.1 Å². The summed E-state index contributed by atoms with van der Waals surface area (Å²) in [6, 6.07) is 15.3. The summed E-state index contributed by atoms with van der Waals surface area (Å²) in [6.07, 6.45) is 0.134. The first-order valence-electron chi connectivity index (χ1n) is 6.33. The topological polar surface area (TPSA) is 38.3 Å². The molecule has 0 radical (unpaired) electrons. The number of hydrogen-bond acceptors (Lipinski definition) is 3. The molecule has 1 unspecified atom stereocenters. The summed E-state index contributed by atoms with van der Waals surface area (Å²) < 4.78 is 18.0. The minimum absolute atomic E-state index is 0.134. The number of benzene rings is 2. The molecule has 0 fully saturated rings. The fourth-order valence-electron chi connectivity index (χ4n) is 1.96. The lowest BCUT2D eigenvalue weighted by molar-refractivity contribution is -0.140. The van der Waals surface area contributed by atoms with Gasteiger partial charge in [0.25, 0.3) is 0 Å². The van der Waals surface area contributed by atoms with Gasteiger partial charge in [0, 0.05) is 5.69 Å². The fourth-order valence-corrected chi connectivity index (χ4v) is 1.96. The van der Waals surface area contributed by atoms with Gasteiger partial charge in [-0.3, -0.25) is 4.79 Å². The van der Waals surface area contributed by atoms with E-state index in [1.165, 1.54) is 19.2 Å². The molecule has 20 heavy (non-hydrogen) atoms. The molecule has 0 saturated carbocycles. The number of rotatable bonds is 5. The molecule has 1 atom stereocenters. The molecule has 104 valence electrons. The molecule has 2 aromatic carbocycles. The Balaban J connectivity index is 2.22. The standard InChI is InChI=1S/C16H16FNO2/c1-20-16(19)11-15(12-6-5-7-13(17)10-12)18-14-8-3-2-4-9-14/h2-10,15,18H,11H2,1H3. The molecule has 0 aliphatic rings. The highest BCUT2D eigenvalue weighted by atomic mass is 19.1. The predicted octanol–water partition coefficient (Wildman–Crippen LogP) is 3.54. The van der Waals surface area contributed by atoms with E-state index < -0.39 is 0 Å². The van der Waals surface area contributed by atoms with Crippen LogP contribution in [0.1, 0.15) is 18.0 Å². The van der Waals surface area contributed by atoms with Gasteiger partial charge in [-0.05, 0) is 29.8 Å². The zero-order valence-electron chi connectivity index (χ0n) is 11.2. The molecule has 2 rings (SSSR count). The number of anilines is 1.